The lowest BCUT2D eigenvalue weighted by atomic mass is 10.1. The maximum absolute atomic E-state index is 11.9. The fourth-order valence-electron chi connectivity index (χ4n) is 2.14. The fraction of sp³-hybridized carbons (Fsp3) is 0.533. The number of likely N-dealkylation sites (N-methyl/N-ethyl adjacent to an activating group) is 1. The number of hydrogen-bond donors (Lipinski definition) is 3. The van der Waals surface area contributed by atoms with Crippen LogP contribution >= 0.6 is 0 Å². The molecule has 0 radical (unpaired) electrons. The van der Waals surface area contributed by atoms with Gasteiger partial charge >= 0.3 is 0 Å². The number of benzene rings is 1. The molecule has 0 aliphatic carbocycles. The van der Waals surface area contributed by atoms with Gasteiger partial charge in [-0.3, -0.25) is 4.79 Å². The normalized spacial score (nSPS) is 13.9. The number of carbonyl (C=O) groups excluding carboxylic acids is 1. The molecule has 0 saturated heterocycles. The minimum atomic E-state index is -0.867. The maximum atomic E-state index is 11.9. The highest BCUT2D eigenvalue weighted by atomic mass is 16.3. The number of nitrogens with zero attached hydrogens (tertiary/aromatic N) is 2. The Hall–Kier alpha value is -1.79. The summed E-state index contributed by atoms with van der Waals surface area (Å²) in [5.74, 6) is -0.0899. The predicted octanol–water partition coefficient (Wildman–Crippen LogP) is 0.695. The zero-order chi connectivity index (χ0) is 16.2. The van der Waals surface area contributed by atoms with Crippen molar-refractivity contribution in [2.24, 2.45) is 0 Å². The van der Waals surface area contributed by atoms with Crippen LogP contribution in [-0.4, -0.2) is 67.7 Å². The zero-order valence-corrected chi connectivity index (χ0v) is 13.5. The molecular formula is C15H26N4O2. The summed E-state index contributed by atoms with van der Waals surface area (Å²) in [6.07, 6.45) is 0. The number of hydrogen-bond acceptors (Lipinski definition) is 5. The lowest BCUT2D eigenvalue weighted by molar-refractivity contribution is 0.0460. The Morgan fingerprint density at radius 1 is 1.33 bits per heavy atom. The van der Waals surface area contributed by atoms with E-state index in [0.29, 0.717) is 30.0 Å². The first-order valence-corrected chi connectivity index (χ1v) is 6.84. The van der Waals surface area contributed by atoms with E-state index in [9.17, 15) is 9.90 Å². The van der Waals surface area contributed by atoms with Crippen molar-refractivity contribution >= 4 is 17.3 Å². The first-order valence-electron chi connectivity index (χ1n) is 6.84. The summed E-state index contributed by atoms with van der Waals surface area (Å²) >= 11 is 0. The van der Waals surface area contributed by atoms with Crippen molar-refractivity contribution in [1.29, 1.82) is 0 Å². The molecule has 21 heavy (non-hydrogen) atoms. The molecule has 1 rings (SSSR count). The second-order valence-corrected chi connectivity index (χ2v) is 6.09. The summed E-state index contributed by atoms with van der Waals surface area (Å²) in [5.41, 5.74) is 6.84. The van der Waals surface area contributed by atoms with Crippen LogP contribution in [-0.2, 0) is 0 Å². The van der Waals surface area contributed by atoms with E-state index in [-0.39, 0.29) is 5.91 Å². The van der Waals surface area contributed by atoms with E-state index < -0.39 is 5.60 Å². The number of carbonyl (C=O) groups is 1. The highest BCUT2D eigenvalue weighted by molar-refractivity contribution is 5.95. The van der Waals surface area contributed by atoms with Crippen molar-refractivity contribution in [3.8, 4) is 0 Å². The van der Waals surface area contributed by atoms with Gasteiger partial charge in [-0.25, -0.2) is 0 Å². The lowest BCUT2D eigenvalue weighted by Crippen LogP contribution is -2.43. The van der Waals surface area contributed by atoms with Crippen molar-refractivity contribution in [1.82, 2.24) is 9.80 Å². The van der Waals surface area contributed by atoms with Gasteiger partial charge in [0.2, 0.25) is 0 Å². The third-order valence-electron chi connectivity index (χ3n) is 3.02. The average molecular weight is 294 g/mol. The molecular weight excluding hydrogens is 268 g/mol. The van der Waals surface area contributed by atoms with Gasteiger partial charge < -0.3 is 26.0 Å². The molecule has 1 aromatic carbocycles. The van der Waals surface area contributed by atoms with E-state index in [1.807, 2.05) is 19.0 Å². The van der Waals surface area contributed by atoms with Crippen LogP contribution < -0.4 is 11.1 Å². The third-order valence-corrected chi connectivity index (χ3v) is 3.02. The molecule has 0 aromatic heterocycles. The van der Waals surface area contributed by atoms with Crippen molar-refractivity contribution in [3.63, 3.8) is 0 Å². The summed E-state index contributed by atoms with van der Waals surface area (Å²) in [6.45, 7) is 2.67. The number of nitrogens with one attached hydrogen (secondary N) is 1. The molecule has 6 heteroatoms. The van der Waals surface area contributed by atoms with Crippen molar-refractivity contribution in [2.45, 2.75) is 12.5 Å². The molecule has 0 heterocycles. The Morgan fingerprint density at radius 2 is 1.95 bits per heavy atom. The van der Waals surface area contributed by atoms with E-state index in [0.717, 1.165) is 0 Å². The Labute approximate surface area is 126 Å². The minimum absolute atomic E-state index is 0.0899. The Kier molecular flexibility index (Phi) is 5.57. The molecule has 0 spiro atoms. The first kappa shape index (κ1) is 17.3. The summed E-state index contributed by atoms with van der Waals surface area (Å²) in [7, 11) is 7.21. The van der Waals surface area contributed by atoms with Gasteiger partial charge in [0, 0.05) is 32.7 Å². The topological polar surface area (TPSA) is 81.8 Å². The van der Waals surface area contributed by atoms with Gasteiger partial charge in [-0.15, -0.1) is 0 Å². The number of anilines is 2. The smallest absolute Gasteiger partial charge is 0.253 e. The number of rotatable bonds is 6. The molecule has 0 bridgehead atoms. The summed E-state index contributed by atoms with van der Waals surface area (Å²) in [5, 5.41) is 13.4. The van der Waals surface area contributed by atoms with E-state index in [2.05, 4.69) is 5.32 Å². The van der Waals surface area contributed by atoms with Crippen LogP contribution in [0.4, 0.5) is 11.4 Å². The molecule has 1 unspecified atom stereocenters. The van der Waals surface area contributed by atoms with Gasteiger partial charge in [-0.05, 0) is 39.2 Å². The van der Waals surface area contributed by atoms with Crippen LogP contribution in [0.15, 0.2) is 18.2 Å². The molecule has 0 aliphatic rings. The Balaban J connectivity index is 2.76. The fourth-order valence-corrected chi connectivity index (χ4v) is 2.14. The Bertz CT molecular complexity index is 498. The standard InChI is InChI=1S/C15H26N4O2/c1-15(21,10-18(2)3)9-17-13-7-6-11(8-12(13)16)14(20)19(4)5/h6-8,17,21H,9-10,16H2,1-5H3. The number of nitrogen functional groups attached to an aromatic ring is 1. The van der Waals surface area contributed by atoms with Gasteiger partial charge in [0.05, 0.1) is 17.0 Å². The van der Waals surface area contributed by atoms with Gasteiger partial charge in [0.1, 0.15) is 0 Å². The average Bonchev–Trinajstić information content (AvgIpc) is 2.34. The van der Waals surface area contributed by atoms with E-state index >= 15 is 0 Å². The summed E-state index contributed by atoms with van der Waals surface area (Å²) < 4.78 is 0. The molecule has 6 nitrogen and oxygen atoms in total. The molecule has 1 atom stereocenters. The Morgan fingerprint density at radius 3 is 2.43 bits per heavy atom. The first-order chi connectivity index (χ1) is 9.62. The van der Waals surface area contributed by atoms with Crippen LogP contribution in [0.1, 0.15) is 17.3 Å². The highest BCUT2D eigenvalue weighted by Crippen LogP contribution is 2.21. The number of nitrogens with two attached hydrogens (primary N) is 1. The third kappa shape index (κ3) is 5.24. The van der Waals surface area contributed by atoms with Gasteiger partial charge in [0.15, 0.2) is 0 Å². The molecule has 1 aromatic rings. The second-order valence-electron chi connectivity index (χ2n) is 6.09. The van der Waals surface area contributed by atoms with Crippen LogP contribution in [0.3, 0.4) is 0 Å². The zero-order valence-electron chi connectivity index (χ0n) is 13.5. The molecule has 0 saturated carbocycles. The maximum Gasteiger partial charge on any atom is 0.253 e. The lowest BCUT2D eigenvalue weighted by Gasteiger charge is -2.27. The number of amides is 1. The van der Waals surface area contributed by atoms with Crippen LogP contribution in [0.5, 0.6) is 0 Å². The summed E-state index contributed by atoms with van der Waals surface area (Å²) in [6, 6.07) is 5.13. The van der Waals surface area contributed by atoms with Crippen LogP contribution in [0.2, 0.25) is 0 Å². The minimum Gasteiger partial charge on any atom is -0.397 e. The number of aliphatic hydroxyl groups is 1. The SMILES string of the molecule is CN(C)CC(C)(O)CNc1ccc(C(=O)N(C)C)cc1N. The summed E-state index contributed by atoms with van der Waals surface area (Å²) in [4.78, 5) is 15.3. The van der Waals surface area contributed by atoms with Crippen LogP contribution in [0, 0.1) is 0 Å². The van der Waals surface area contributed by atoms with Crippen LogP contribution in [0.25, 0.3) is 0 Å². The van der Waals surface area contributed by atoms with Gasteiger partial charge in [0.25, 0.3) is 5.91 Å². The largest absolute Gasteiger partial charge is 0.397 e. The quantitative estimate of drug-likeness (QED) is 0.673. The van der Waals surface area contributed by atoms with Crippen molar-refractivity contribution < 1.29 is 9.90 Å². The van der Waals surface area contributed by atoms with E-state index in [4.69, 9.17) is 5.73 Å². The molecule has 0 aliphatic heterocycles. The molecule has 0 fully saturated rings. The predicted molar refractivity (Wildman–Crippen MR) is 86.5 cm³/mol. The van der Waals surface area contributed by atoms with E-state index in [1.54, 1.807) is 39.2 Å². The monoisotopic (exact) mass is 294 g/mol. The van der Waals surface area contributed by atoms with Gasteiger partial charge in [-0.1, -0.05) is 0 Å². The highest BCUT2D eigenvalue weighted by Gasteiger charge is 2.21. The van der Waals surface area contributed by atoms with Gasteiger partial charge in [-0.2, -0.15) is 0 Å². The molecule has 4 N–H and O–H groups in total. The van der Waals surface area contributed by atoms with Crippen molar-refractivity contribution in [3.05, 3.63) is 23.8 Å². The van der Waals surface area contributed by atoms with E-state index in [1.165, 1.54) is 4.90 Å². The second kappa shape index (κ2) is 6.78. The molecule has 118 valence electrons. The van der Waals surface area contributed by atoms with Crippen molar-refractivity contribution in [2.75, 3.05) is 52.3 Å². The molecule has 1 amide bonds.